The lowest BCUT2D eigenvalue weighted by atomic mass is 10.2. The Bertz CT molecular complexity index is 993. The fourth-order valence-electron chi connectivity index (χ4n) is 2.21. The molecule has 5 nitrogen and oxygen atoms in total. The monoisotopic (exact) mass is 403 g/mol. The largest absolute Gasteiger partial charge is 0.322 e. The van der Waals surface area contributed by atoms with Gasteiger partial charge < -0.3 is 10.6 Å². The lowest BCUT2D eigenvalue weighted by molar-refractivity contribution is 0.101. The van der Waals surface area contributed by atoms with Crippen LogP contribution in [-0.4, -0.2) is 16.8 Å². The van der Waals surface area contributed by atoms with Crippen LogP contribution in [0.2, 0.25) is 10.2 Å². The van der Waals surface area contributed by atoms with E-state index in [0.29, 0.717) is 16.9 Å². The van der Waals surface area contributed by atoms with Gasteiger partial charge in [0.15, 0.2) is 0 Å². The predicted molar refractivity (Wildman–Crippen MR) is 103 cm³/mol. The molecule has 0 aliphatic carbocycles. The average Bonchev–Trinajstić information content (AvgIpc) is 2.65. The van der Waals surface area contributed by atoms with E-state index in [2.05, 4.69) is 15.6 Å². The van der Waals surface area contributed by atoms with Crippen LogP contribution >= 0.6 is 23.2 Å². The second kappa shape index (κ2) is 8.16. The maximum atomic E-state index is 13.0. The van der Waals surface area contributed by atoms with Crippen molar-refractivity contribution >= 4 is 46.4 Å². The normalized spacial score (nSPS) is 10.3. The molecule has 2 N–H and O–H groups in total. The number of carbonyl (C=O) groups is 2. The first-order valence-corrected chi connectivity index (χ1v) is 8.47. The summed E-state index contributed by atoms with van der Waals surface area (Å²) in [6, 6.07) is 12.8. The average molecular weight is 404 g/mol. The second-order valence-corrected chi connectivity index (χ2v) is 6.27. The number of hydrogen-bond acceptors (Lipinski definition) is 3. The zero-order valence-corrected chi connectivity index (χ0v) is 15.2. The Morgan fingerprint density at radius 1 is 0.852 bits per heavy atom. The molecule has 0 aliphatic rings. The number of hydrogen-bond donors (Lipinski definition) is 2. The molecule has 8 heteroatoms. The molecule has 2 aromatic carbocycles. The summed E-state index contributed by atoms with van der Waals surface area (Å²) in [6.45, 7) is 0. The molecule has 0 bridgehead atoms. The van der Waals surface area contributed by atoms with Gasteiger partial charge in [-0.2, -0.15) is 0 Å². The third-order valence-corrected chi connectivity index (χ3v) is 4.12. The molecule has 0 aliphatic heterocycles. The number of anilines is 2. The number of amides is 2. The minimum atomic E-state index is -0.456. The molecule has 1 heterocycles. The van der Waals surface area contributed by atoms with Gasteiger partial charge in [-0.05, 0) is 54.6 Å². The third kappa shape index (κ3) is 4.81. The lowest BCUT2D eigenvalue weighted by Crippen LogP contribution is -2.14. The van der Waals surface area contributed by atoms with Crippen LogP contribution in [-0.2, 0) is 0 Å². The van der Waals surface area contributed by atoms with E-state index in [1.54, 1.807) is 6.07 Å². The highest BCUT2D eigenvalue weighted by molar-refractivity contribution is 6.34. The van der Waals surface area contributed by atoms with Gasteiger partial charge in [0.2, 0.25) is 0 Å². The van der Waals surface area contributed by atoms with E-state index >= 15 is 0 Å². The summed E-state index contributed by atoms with van der Waals surface area (Å²) in [5, 5.41) is 5.89. The Hall–Kier alpha value is -2.96. The summed E-state index contributed by atoms with van der Waals surface area (Å²) in [7, 11) is 0. The van der Waals surface area contributed by atoms with Crippen molar-refractivity contribution < 1.29 is 14.0 Å². The van der Waals surface area contributed by atoms with Gasteiger partial charge in [0, 0.05) is 17.4 Å². The van der Waals surface area contributed by atoms with Crippen LogP contribution in [0.5, 0.6) is 0 Å². The van der Waals surface area contributed by atoms with Crippen LogP contribution in [0.15, 0.2) is 60.8 Å². The smallest absolute Gasteiger partial charge is 0.257 e. The summed E-state index contributed by atoms with van der Waals surface area (Å²) in [5.74, 6) is -1.29. The fraction of sp³-hybridized carbons (Fsp3) is 0. The molecule has 0 saturated heterocycles. The Morgan fingerprint density at radius 2 is 1.52 bits per heavy atom. The number of benzene rings is 2. The van der Waals surface area contributed by atoms with Crippen molar-refractivity contribution in [2.75, 3.05) is 10.6 Å². The molecule has 3 aromatic rings. The Labute approximate surface area is 164 Å². The number of halogens is 3. The van der Waals surface area contributed by atoms with Crippen molar-refractivity contribution in [3.8, 4) is 0 Å². The van der Waals surface area contributed by atoms with E-state index < -0.39 is 17.6 Å². The molecular weight excluding hydrogens is 392 g/mol. The van der Waals surface area contributed by atoms with E-state index in [0.717, 1.165) is 0 Å². The van der Waals surface area contributed by atoms with Crippen LogP contribution in [0.1, 0.15) is 20.7 Å². The van der Waals surface area contributed by atoms with Gasteiger partial charge in [0.25, 0.3) is 11.8 Å². The summed E-state index contributed by atoms with van der Waals surface area (Å²) in [6.07, 6.45) is 1.35. The molecule has 27 heavy (non-hydrogen) atoms. The lowest BCUT2D eigenvalue weighted by Gasteiger charge is -2.11. The number of nitrogens with one attached hydrogen (secondary N) is 2. The number of pyridine rings is 1. The van der Waals surface area contributed by atoms with Gasteiger partial charge in [-0.3, -0.25) is 9.59 Å². The van der Waals surface area contributed by atoms with Gasteiger partial charge in [0.1, 0.15) is 11.0 Å². The van der Waals surface area contributed by atoms with E-state index in [1.165, 1.54) is 54.7 Å². The first-order valence-electron chi connectivity index (χ1n) is 7.72. The van der Waals surface area contributed by atoms with E-state index in [9.17, 15) is 14.0 Å². The van der Waals surface area contributed by atoms with Crippen molar-refractivity contribution in [2.45, 2.75) is 0 Å². The highest BCUT2D eigenvalue weighted by Crippen LogP contribution is 2.26. The van der Waals surface area contributed by atoms with Gasteiger partial charge in [-0.25, -0.2) is 9.37 Å². The van der Waals surface area contributed by atoms with Gasteiger partial charge in [-0.15, -0.1) is 0 Å². The Morgan fingerprint density at radius 3 is 2.19 bits per heavy atom. The molecule has 0 radical (unpaired) electrons. The number of aromatic nitrogens is 1. The zero-order chi connectivity index (χ0) is 19.4. The maximum Gasteiger partial charge on any atom is 0.257 e. The molecule has 0 saturated carbocycles. The van der Waals surface area contributed by atoms with Gasteiger partial charge in [-0.1, -0.05) is 23.2 Å². The van der Waals surface area contributed by atoms with Crippen molar-refractivity contribution in [3.05, 3.63) is 87.9 Å². The molecule has 136 valence electrons. The standard InChI is InChI=1S/C19H12Cl2FN3O2/c20-15-7-6-14(24-19(27)12-3-8-17(21)23-10-12)9-16(15)25-18(26)11-1-4-13(22)5-2-11/h1-10H,(H,24,27)(H,25,26). The first-order chi connectivity index (χ1) is 12.9. The first kappa shape index (κ1) is 18.8. The van der Waals surface area contributed by atoms with Crippen molar-refractivity contribution in [2.24, 2.45) is 0 Å². The van der Waals surface area contributed by atoms with Crippen LogP contribution in [0.3, 0.4) is 0 Å². The van der Waals surface area contributed by atoms with Crippen LogP contribution in [0.25, 0.3) is 0 Å². The summed E-state index contributed by atoms with van der Waals surface area (Å²) < 4.78 is 13.0. The van der Waals surface area contributed by atoms with Gasteiger partial charge in [0.05, 0.1) is 16.3 Å². The van der Waals surface area contributed by atoms with Crippen molar-refractivity contribution in [1.82, 2.24) is 4.98 Å². The predicted octanol–water partition coefficient (Wildman–Crippen LogP) is 5.03. The van der Waals surface area contributed by atoms with Crippen molar-refractivity contribution in [3.63, 3.8) is 0 Å². The molecule has 0 atom stereocenters. The zero-order valence-electron chi connectivity index (χ0n) is 13.7. The van der Waals surface area contributed by atoms with E-state index in [1.807, 2.05) is 0 Å². The highest BCUT2D eigenvalue weighted by Gasteiger charge is 2.12. The molecule has 0 spiro atoms. The third-order valence-electron chi connectivity index (χ3n) is 3.57. The SMILES string of the molecule is O=C(Nc1ccc(Cl)c(NC(=O)c2ccc(F)cc2)c1)c1ccc(Cl)nc1. The molecule has 0 unspecified atom stereocenters. The number of carbonyl (C=O) groups excluding carboxylic acids is 2. The maximum absolute atomic E-state index is 13.0. The summed E-state index contributed by atoms with van der Waals surface area (Å²) in [5.41, 5.74) is 1.33. The van der Waals surface area contributed by atoms with Crippen molar-refractivity contribution in [1.29, 1.82) is 0 Å². The molecule has 0 fully saturated rings. The fourth-order valence-corrected chi connectivity index (χ4v) is 2.48. The van der Waals surface area contributed by atoms with Crippen LogP contribution < -0.4 is 10.6 Å². The molecule has 3 rings (SSSR count). The summed E-state index contributed by atoms with van der Waals surface area (Å²) >= 11 is 11.8. The minimum Gasteiger partial charge on any atom is -0.322 e. The Kier molecular flexibility index (Phi) is 5.69. The topological polar surface area (TPSA) is 71.1 Å². The summed E-state index contributed by atoms with van der Waals surface area (Å²) in [4.78, 5) is 28.4. The van der Waals surface area contributed by atoms with E-state index in [4.69, 9.17) is 23.2 Å². The molecule has 2 amide bonds. The second-order valence-electron chi connectivity index (χ2n) is 5.48. The number of nitrogens with zero attached hydrogens (tertiary/aromatic N) is 1. The molecular formula is C19H12Cl2FN3O2. The number of rotatable bonds is 4. The highest BCUT2D eigenvalue weighted by atomic mass is 35.5. The van der Waals surface area contributed by atoms with Gasteiger partial charge >= 0.3 is 0 Å². The van der Waals surface area contributed by atoms with Crippen LogP contribution in [0, 0.1) is 5.82 Å². The molecule has 1 aromatic heterocycles. The Balaban J connectivity index is 1.75. The minimum absolute atomic E-state index is 0.272. The quantitative estimate of drug-likeness (QED) is 0.599. The van der Waals surface area contributed by atoms with Crippen LogP contribution in [0.4, 0.5) is 15.8 Å². The van der Waals surface area contributed by atoms with E-state index in [-0.39, 0.29) is 15.7 Å².